The first-order valence-corrected chi connectivity index (χ1v) is 12.5. The van der Waals surface area contributed by atoms with Gasteiger partial charge in [0.25, 0.3) is 0 Å². The second kappa shape index (κ2) is 10.5. The summed E-state index contributed by atoms with van der Waals surface area (Å²) in [6.07, 6.45) is 13.5. The van der Waals surface area contributed by atoms with Crippen LogP contribution in [0, 0.1) is 29.6 Å². The average Bonchev–Trinajstić information content (AvgIpc) is 2.74. The predicted octanol–water partition coefficient (Wildman–Crippen LogP) is 5.59. The molecule has 1 atom stereocenters. The molecule has 0 radical (unpaired) electrons. The van der Waals surface area contributed by atoms with E-state index in [-0.39, 0.29) is 5.92 Å². The lowest BCUT2D eigenvalue weighted by Gasteiger charge is -2.42. The van der Waals surface area contributed by atoms with Crippen LogP contribution >= 0.6 is 0 Å². The maximum Gasteiger partial charge on any atom is 0.225 e. The van der Waals surface area contributed by atoms with Crippen molar-refractivity contribution in [3.8, 4) is 0 Å². The van der Waals surface area contributed by atoms with E-state index in [0.717, 1.165) is 49.2 Å². The Balaban J connectivity index is 1.34. The number of nitrogens with zero attached hydrogens (tertiary/aromatic N) is 2. The van der Waals surface area contributed by atoms with Gasteiger partial charge in [-0.15, -0.1) is 0 Å². The van der Waals surface area contributed by atoms with Crippen molar-refractivity contribution in [1.82, 2.24) is 9.80 Å². The van der Waals surface area contributed by atoms with Gasteiger partial charge in [-0.05, 0) is 101 Å². The number of piperidine rings is 2. The van der Waals surface area contributed by atoms with E-state index in [2.05, 4.69) is 37.5 Å². The van der Waals surface area contributed by atoms with E-state index >= 15 is 0 Å². The molecule has 3 nitrogen and oxygen atoms in total. The highest BCUT2D eigenvalue weighted by molar-refractivity contribution is 5.78. The number of carbonyl (C=O) groups is 1. The molecule has 2 heterocycles. The third-order valence-electron chi connectivity index (χ3n) is 8.48. The highest BCUT2D eigenvalue weighted by Gasteiger charge is 2.32. The number of likely N-dealkylation sites (tertiary alicyclic amines) is 2. The number of hydrogen-bond acceptors (Lipinski definition) is 2. The first-order chi connectivity index (χ1) is 13.5. The largest absolute Gasteiger partial charge is 0.342 e. The molecule has 3 fully saturated rings. The summed E-state index contributed by atoms with van der Waals surface area (Å²) in [4.78, 5) is 17.4. The van der Waals surface area contributed by atoms with Crippen LogP contribution in [-0.4, -0.2) is 47.9 Å². The summed E-state index contributed by atoms with van der Waals surface area (Å²) in [6, 6.07) is 0.874. The van der Waals surface area contributed by atoms with E-state index in [9.17, 15) is 4.79 Å². The maximum absolute atomic E-state index is 12.4. The van der Waals surface area contributed by atoms with Crippen LogP contribution in [-0.2, 0) is 4.79 Å². The van der Waals surface area contributed by atoms with E-state index in [1.165, 1.54) is 70.9 Å². The Kier molecular flexibility index (Phi) is 8.26. The summed E-state index contributed by atoms with van der Waals surface area (Å²) < 4.78 is 0. The van der Waals surface area contributed by atoms with Crippen molar-refractivity contribution in [2.45, 2.75) is 97.9 Å². The molecule has 2 saturated heterocycles. The van der Waals surface area contributed by atoms with Crippen molar-refractivity contribution in [2.75, 3.05) is 26.2 Å². The van der Waals surface area contributed by atoms with Crippen LogP contribution in [0.15, 0.2) is 0 Å². The van der Waals surface area contributed by atoms with Crippen LogP contribution in [0.3, 0.4) is 0 Å². The number of hydrogen-bond donors (Lipinski definition) is 0. The Morgan fingerprint density at radius 2 is 1.39 bits per heavy atom. The summed E-state index contributed by atoms with van der Waals surface area (Å²) in [7, 11) is 0. The standard InChI is InChI=1S/C25H46N2O/c1-5-20(4)25(28)27-14-10-22(11-15-27)18-21-6-8-24(9-7-21)26-16-12-23(13-17-26)19(2)3/h19-24H,5-18H2,1-4H3. The van der Waals surface area contributed by atoms with Crippen molar-refractivity contribution in [2.24, 2.45) is 29.6 Å². The minimum atomic E-state index is 0.206. The minimum absolute atomic E-state index is 0.206. The molecule has 0 aromatic carbocycles. The molecule has 3 rings (SSSR count). The van der Waals surface area contributed by atoms with Crippen molar-refractivity contribution in [3.63, 3.8) is 0 Å². The van der Waals surface area contributed by atoms with Crippen LogP contribution in [0.25, 0.3) is 0 Å². The van der Waals surface area contributed by atoms with Crippen LogP contribution < -0.4 is 0 Å². The first kappa shape index (κ1) is 22.1. The van der Waals surface area contributed by atoms with E-state index in [1.807, 2.05) is 0 Å². The zero-order chi connectivity index (χ0) is 20.1. The Bertz CT molecular complexity index is 467. The molecule has 1 amide bonds. The predicted molar refractivity (Wildman–Crippen MR) is 118 cm³/mol. The summed E-state index contributed by atoms with van der Waals surface area (Å²) in [5.41, 5.74) is 0. The number of amides is 1. The van der Waals surface area contributed by atoms with E-state index in [0.29, 0.717) is 5.91 Å². The van der Waals surface area contributed by atoms with Gasteiger partial charge in [0.1, 0.15) is 0 Å². The lowest BCUT2D eigenvalue weighted by molar-refractivity contribution is -0.136. The van der Waals surface area contributed by atoms with Gasteiger partial charge < -0.3 is 9.80 Å². The fraction of sp³-hybridized carbons (Fsp3) is 0.960. The third-order valence-corrected chi connectivity index (χ3v) is 8.48. The zero-order valence-corrected chi connectivity index (χ0v) is 19.2. The molecule has 1 saturated carbocycles. The van der Waals surface area contributed by atoms with Crippen molar-refractivity contribution in [1.29, 1.82) is 0 Å². The summed E-state index contributed by atoms with van der Waals surface area (Å²) >= 11 is 0. The van der Waals surface area contributed by atoms with Gasteiger partial charge in [0.15, 0.2) is 0 Å². The molecule has 0 bridgehead atoms. The van der Waals surface area contributed by atoms with Gasteiger partial charge in [0, 0.05) is 25.0 Å². The van der Waals surface area contributed by atoms with Gasteiger partial charge in [-0.25, -0.2) is 0 Å². The second-order valence-electron chi connectivity index (χ2n) is 10.6. The summed E-state index contributed by atoms with van der Waals surface area (Å²) in [5, 5.41) is 0. The summed E-state index contributed by atoms with van der Waals surface area (Å²) in [6.45, 7) is 13.7. The maximum atomic E-state index is 12.4. The van der Waals surface area contributed by atoms with Crippen molar-refractivity contribution in [3.05, 3.63) is 0 Å². The van der Waals surface area contributed by atoms with Crippen LogP contribution in [0.1, 0.15) is 91.9 Å². The minimum Gasteiger partial charge on any atom is -0.342 e. The molecule has 0 spiro atoms. The normalized spacial score (nSPS) is 30.0. The molecule has 1 unspecified atom stereocenters. The average molecular weight is 391 g/mol. The van der Waals surface area contributed by atoms with Crippen LogP contribution in [0.5, 0.6) is 0 Å². The molecule has 0 aromatic heterocycles. The van der Waals surface area contributed by atoms with Gasteiger partial charge >= 0.3 is 0 Å². The Morgan fingerprint density at radius 3 is 1.93 bits per heavy atom. The van der Waals surface area contributed by atoms with Crippen molar-refractivity contribution < 1.29 is 4.79 Å². The van der Waals surface area contributed by atoms with Crippen LogP contribution in [0.2, 0.25) is 0 Å². The van der Waals surface area contributed by atoms with Gasteiger partial charge in [-0.1, -0.05) is 27.7 Å². The molecule has 3 heteroatoms. The van der Waals surface area contributed by atoms with Gasteiger partial charge in [-0.3, -0.25) is 4.79 Å². The quantitative estimate of drug-likeness (QED) is 0.590. The molecule has 2 aliphatic heterocycles. The Morgan fingerprint density at radius 1 is 0.821 bits per heavy atom. The Labute approximate surface area is 174 Å². The van der Waals surface area contributed by atoms with Gasteiger partial charge in [0.05, 0.1) is 0 Å². The van der Waals surface area contributed by atoms with Crippen LogP contribution in [0.4, 0.5) is 0 Å². The molecule has 3 aliphatic rings. The third kappa shape index (κ3) is 5.74. The second-order valence-corrected chi connectivity index (χ2v) is 10.6. The first-order valence-electron chi connectivity index (χ1n) is 12.5. The highest BCUT2D eigenvalue weighted by atomic mass is 16.2. The fourth-order valence-electron chi connectivity index (χ4n) is 6.04. The molecular weight excluding hydrogens is 344 g/mol. The van der Waals surface area contributed by atoms with Gasteiger partial charge in [0.2, 0.25) is 5.91 Å². The fourth-order valence-corrected chi connectivity index (χ4v) is 6.04. The SMILES string of the molecule is CCC(C)C(=O)N1CCC(CC2CCC(N3CCC(C(C)C)CC3)CC2)CC1. The topological polar surface area (TPSA) is 23.6 Å². The lowest BCUT2D eigenvalue weighted by Crippen LogP contribution is -2.44. The van der Waals surface area contributed by atoms with E-state index in [4.69, 9.17) is 0 Å². The van der Waals surface area contributed by atoms with E-state index in [1.54, 1.807) is 0 Å². The van der Waals surface area contributed by atoms with Crippen molar-refractivity contribution >= 4 is 5.91 Å². The number of rotatable bonds is 6. The number of carbonyl (C=O) groups excluding carboxylic acids is 1. The molecule has 0 aromatic rings. The van der Waals surface area contributed by atoms with E-state index < -0.39 is 0 Å². The molecule has 162 valence electrons. The Hall–Kier alpha value is -0.570. The molecule has 0 N–H and O–H groups in total. The highest BCUT2D eigenvalue weighted by Crippen LogP contribution is 2.36. The molecular formula is C25H46N2O. The molecule has 1 aliphatic carbocycles. The molecule has 28 heavy (non-hydrogen) atoms. The lowest BCUT2D eigenvalue weighted by atomic mass is 9.77. The monoisotopic (exact) mass is 390 g/mol. The smallest absolute Gasteiger partial charge is 0.225 e. The van der Waals surface area contributed by atoms with Gasteiger partial charge in [-0.2, -0.15) is 0 Å². The zero-order valence-electron chi connectivity index (χ0n) is 19.2. The summed E-state index contributed by atoms with van der Waals surface area (Å²) in [5.74, 6) is 4.24.